The maximum atomic E-state index is 13.2. The van der Waals surface area contributed by atoms with E-state index in [-0.39, 0.29) is 43.0 Å². The van der Waals surface area contributed by atoms with E-state index in [0.717, 1.165) is 5.56 Å². The number of ether oxygens (including phenoxy) is 1. The highest BCUT2D eigenvalue weighted by molar-refractivity contribution is 6.73. The minimum Gasteiger partial charge on any atom is -0.461 e. The smallest absolute Gasteiger partial charge is 0.312 e. The number of rotatable bonds is 17. The van der Waals surface area contributed by atoms with Gasteiger partial charge in [0.15, 0.2) is 0 Å². The van der Waals surface area contributed by atoms with Gasteiger partial charge in [-0.3, -0.25) is 14.4 Å². The largest absolute Gasteiger partial charge is 0.461 e. The normalized spacial score (nSPS) is 12.0. The molecule has 0 aromatic heterocycles. The van der Waals surface area contributed by atoms with E-state index in [1.54, 1.807) is 31.5 Å². The van der Waals surface area contributed by atoms with E-state index in [9.17, 15) is 24.0 Å². The summed E-state index contributed by atoms with van der Waals surface area (Å²) in [4.78, 5) is 59.4. The van der Waals surface area contributed by atoms with Crippen LogP contribution < -0.4 is 27.0 Å². The van der Waals surface area contributed by atoms with E-state index in [0.29, 0.717) is 30.5 Å². The van der Waals surface area contributed by atoms with Gasteiger partial charge in [0.2, 0.25) is 19.1 Å². The van der Waals surface area contributed by atoms with Crippen molar-refractivity contribution in [2.45, 2.75) is 72.0 Å². The van der Waals surface area contributed by atoms with Crippen molar-refractivity contribution >= 4 is 42.5 Å². The first kappa shape index (κ1) is 32.2. The van der Waals surface area contributed by atoms with Gasteiger partial charge in [-0.15, -0.1) is 0 Å². The predicted octanol–water partition coefficient (Wildman–Crippen LogP) is 1.81. The van der Waals surface area contributed by atoms with Gasteiger partial charge in [0.05, 0.1) is 5.68 Å². The third-order valence-corrected chi connectivity index (χ3v) is 5.45. The van der Waals surface area contributed by atoms with Gasteiger partial charge in [-0.25, -0.2) is 4.79 Å². The summed E-state index contributed by atoms with van der Waals surface area (Å²) in [5.74, 6) is -1.31. The number of nitrogens with two attached hydrogens (primary N) is 1. The van der Waals surface area contributed by atoms with Crippen LogP contribution in [-0.4, -0.2) is 55.4 Å². The highest BCUT2D eigenvalue weighted by atomic mass is 16.5. The maximum Gasteiger partial charge on any atom is 0.312 e. The van der Waals surface area contributed by atoms with Crippen molar-refractivity contribution in [3.05, 3.63) is 42.1 Å². The molecule has 1 aromatic rings. The molecule has 1 rings (SSSR count). The number of urea groups is 1. The Hall–Kier alpha value is -3.83. The van der Waals surface area contributed by atoms with E-state index in [2.05, 4.69) is 27.8 Å². The van der Waals surface area contributed by atoms with Crippen LogP contribution in [0.1, 0.15) is 52.5 Å². The zero-order valence-corrected chi connectivity index (χ0v) is 22.6. The fourth-order valence-electron chi connectivity index (χ4n) is 3.42. The molecular weight excluding hydrogens is 489 g/mol. The van der Waals surface area contributed by atoms with Crippen molar-refractivity contribution in [1.29, 1.82) is 0 Å². The molecule has 2 atom stereocenters. The SMILES string of the molecule is C=C(CC[B]C(C)=O)NC(C(=O)NC(CCCNC(N)=O)C(=O)Nc1ccc(COC(C)=O)cc1)C(C)C. The standard InChI is InChI=1S/C26H39BN5O6/c1-16(2)23(30-17(3)12-13-27-18(4)33)25(36)32-22(7-6-14-29-26(28)37)24(35)31-21-10-8-20(9-11-21)15-38-19(5)34/h8-11,16,22-23,30H,3,6-7,12-15H2,1-2,4-5H3,(H,31,35)(H,32,36)(H3,28,29,37). The Balaban J connectivity index is 2.88. The van der Waals surface area contributed by atoms with Crippen LogP contribution in [-0.2, 0) is 30.5 Å². The van der Waals surface area contributed by atoms with E-state index in [4.69, 9.17) is 10.5 Å². The highest BCUT2D eigenvalue weighted by Crippen LogP contribution is 2.13. The summed E-state index contributed by atoms with van der Waals surface area (Å²) in [6.45, 7) is 10.9. The Labute approximate surface area is 224 Å². The van der Waals surface area contributed by atoms with Crippen LogP contribution in [0.4, 0.5) is 10.5 Å². The number of hydrogen-bond donors (Lipinski definition) is 5. The second kappa shape index (κ2) is 16.8. The molecule has 12 heteroatoms. The van der Waals surface area contributed by atoms with Gasteiger partial charge in [0.25, 0.3) is 0 Å². The lowest BCUT2D eigenvalue weighted by molar-refractivity contribution is -0.142. The molecule has 11 nitrogen and oxygen atoms in total. The molecule has 0 heterocycles. The number of allylic oxidation sites excluding steroid dienone is 1. The number of amides is 4. The number of hydrogen-bond acceptors (Lipinski definition) is 7. The quantitative estimate of drug-likeness (QED) is 0.117. The van der Waals surface area contributed by atoms with E-state index >= 15 is 0 Å². The Bertz CT molecular complexity index is 983. The van der Waals surface area contributed by atoms with Crippen LogP contribution >= 0.6 is 0 Å². The lowest BCUT2D eigenvalue weighted by atomic mass is 9.69. The van der Waals surface area contributed by atoms with Crippen molar-refractivity contribution in [2.24, 2.45) is 11.7 Å². The van der Waals surface area contributed by atoms with Gasteiger partial charge in [0.1, 0.15) is 18.7 Å². The number of esters is 1. The van der Waals surface area contributed by atoms with Crippen molar-refractivity contribution in [2.75, 3.05) is 11.9 Å². The number of benzene rings is 1. The van der Waals surface area contributed by atoms with Gasteiger partial charge in [-0.05, 0) is 49.8 Å². The first-order valence-corrected chi connectivity index (χ1v) is 12.5. The first-order chi connectivity index (χ1) is 17.9. The topological polar surface area (TPSA) is 169 Å². The van der Waals surface area contributed by atoms with E-state index in [1.165, 1.54) is 13.8 Å². The zero-order chi connectivity index (χ0) is 28.7. The summed E-state index contributed by atoms with van der Waals surface area (Å²) in [5, 5.41) is 11.2. The number of nitrogens with one attached hydrogen (secondary N) is 4. The third-order valence-electron chi connectivity index (χ3n) is 5.45. The van der Waals surface area contributed by atoms with Crippen molar-refractivity contribution in [3.63, 3.8) is 0 Å². The molecule has 0 fully saturated rings. The van der Waals surface area contributed by atoms with Crippen LogP contribution in [0.5, 0.6) is 0 Å². The summed E-state index contributed by atoms with van der Waals surface area (Å²) in [7, 11) is 1.56. The molecule has 4 amide bonds. The van der Waals surface area contributed by atoms with Gasteiger partial charge >= 0.3 is 12.0 Å². The number of carbonyl (C=O) groups is 5. The second-order valence-corrected chi connectivity index (χ2v) is 9.28. The molecule has 207 valence electrons. The van der Waals surface area contributed by atoms with Crippen LogP contribution in [0.15, 0.2) is 36.5 Å². The van der Waals surface area contributed by atoms with Gasteiger partial charge in [-0.2, -0.15) is 0 Å². The van der Waals surface area contributed by atoms with Crippen LogP contribution in [0.3, 0.4) is 0 Å². The van der Waals surface area contributed by atoms with Gasteiger partial charge in [-0.1, -0.05) is 38.9 Å². The van der Waals surface area contributed by atoms with Crippen LogP contribution in [0.25, 0.3) is 0 Å². The molecule has 1 aromatic carbocycles. The van der Waals surface area contributed by atoms with Crippen molar-refractivity contribution in [3.8, 4) is 0 Å². The van der Waals surface area contributed by atoms with Crippen LogP contribution in [0, 0.1) is 5.92 Å². The Morgan fingerprint density at radius 2 is 1.68 bits per heavy atom. The fraction of sp³-hybridized carbons (Fsp3) is 0.500. The lowest BCUT2D eigenvalue weighted by Gasteiger charge is -2.27. The molecular formula is C26H39BN5O6. The summed E-state index contributed by atoms with van der Waals surface area (Å²) in [6, 6.07) is 4.57. The fourth-order valence-corrected chi connectivity index (χ4v) is 3.42. The Morgan fingerprint density at radius 3 is 2.24 bits per heavy atom. The predicted molar refractivity (Wildman–Crippen MR) is 146 cm³/mol. The summed E-state index contributed by atoms with van der Waals surface area (Å²) in [6.07, 6.45) is 1.65. The van der Waals surface area contributed by atoms with E-state index < -0.39 is 24.0 Å². The molecule has 0 saturated carbocycles. The maximum absolute atomic E-state index is 13.2. The number of primary amides is 1. The monoisotopic (exact) mass is 528 g/mol. The minimum absolute atomic E-state index is 0.0327. The molecule has 2 unspecified atom stereocenters. The summed E-state index contributed by atoms with van der Waals surface area (Å²) in [5.41, 5.74) is 6.95. The number of carbonyl (C=O) groups excluding carboxylic acids is 5. The van der Waals surface area contributed by atoms with Crippen molar-refractivity contribution in [1.82, 2.24) is 16.0 Å². The van der Waals surface area contributed by atoms with Crippen molar-refractivity contribution < 1.29 is 28.7 Å². The Morgan fingerprint density at radius 1 is 1.03 bits per heavy atom. The van der Waals surface area contributed by atoms with Gasteiger partial charge in [0, 0.05) is 24.9 Å². The number of anilines is 1. The Kier molecular flexibility index (Phi) is 14.3. The summed E-state index contributed by atoms with van der Waals surface area (Å²) < 4.78 is 4.96. The molecule has 6 N–H and O–H groups in total. The van der Waals surface area contributed by atoms with E-state index in [1.807, 2.05) is 13.8 Å². The molecule has 1 radical (unpaired) electrons. The second-order valence-electron chi connectivity index (χ2n) is 9.28. The molecule has 0 spiro atoms. The zero-order valence-electron chi connectivity index (χ0n) is 22.6. The van der Waals surface area contributed by atoms with Crippen LogP contribution in [0.2, 0.25) is 6.32 Å². The first-order valence-electron chi connectivity index (χ1n) is 12.5. The molecule has 38 heavy (non-hydrogen) atoms. The minimum atomic E-state index is -0.889. The molecule has 0 bridgehead atoms. The molecule has 0 saturated heterocycles. The molecule has 0 aliphatic carbocycles. The summed E-state index contributed by atoms with van der Waals surface area (Å²) >= 11 is 0. The lowest BCUT2D eigenvalue weighted by Crippen LogP contribution is -2.53. The third kappa shape index (κ3) is 13.5. The molecule has 0 aliphatic rings. The molecule has 0 aliphatic heterocycles. The average Bonchev–Trinajstić information content (AvgIpc) is 2.83. The highest BCUT2D eigenvalue weighted by Gasteiger charge is 2.28. The average molecular weight is 528 g/mol. The van der Waals surface area contributed by atoms with Gasteiger partial charge < -0.3 is 36.5 Å².